The van der Waals surface area contributed by atoms with Crippen LogP contribution >= 0.6 is 0 Å². The van der Waals surface area contributed by atoms with Crippen molar-refractivity contribution in [1.29, 1.82) is 0 Å². The van der Waals surface area contributed by atoms with Crippen LogP contribution in [0.2, 0.25) is 0 Å². The largest absolute Gasteiger partial charge is 0.329 e. The lowest BCUT2D eigenvalue weighted by Crippen LogP contribution is -2.61. The minimum Gasteiger partial charge on any atom is -0.329 e. The molecule has 2 heterocycles. The Morgan fingerprint density at radius 3 is 2.64 bits per heavy atom. The van der Waals surface area contributed by atoms with Crippen molar-refractivity contribution in [1.82, 2.24) is 20.3 Å². The first-order valence-electron chi connectivity index (χ1n) is 8.02. The molecule has 5 heteroatoms. The molecule has 1 aliphatic carbocycles. The Hall–Kier alpha value is -2.17. The van der Waals surface area contributed by atoms with Crippen LogP contribution in [-0.4, -0.2) is 32.8 Å². The minimum absolute atomic E-state index is 0.0150. The lowest BCUT2D eigenvalue weighted by Gasteiger charge is -2.59. The van der Waals surface area contributed by atoms with Crippen LogP contribution in [0.4, 0.5) is 0 Å². The number of carbonyl (C=O) groups excluding carboxylic acids is 1. The van der Waals surface area contributed by atoms with Crippen molar-refractivity contribution < 1.29 is 4.79 Å². The molecule has 1 atom stereocenters. The third-order valence-electron chi connectivity index (χ3n) is 5.24. The smallest absolute Gasteiger partial charge is 0.276 e. The molecule has 2 aliphatic rings. The summed E-state index contributed by atoms with van der Waals surface area (Å²) in [5.41, 5.74) is 1.91. The van der Waals surface area contributed by atoms with Crippen molar-refractivity contribution in [3.63, 3.8) is 0 Å². The molecule has 2 fully saturated rings. The molecular weight excluding hydrogens is 276 g/mol. The standard InChI is InChI=1S/C17H20N4O/c22-16(14-11-18-20-19-14)21-12-17(9-5-2-6-10-17)15(21)13-7-3-1-4-8-13/h1,3-4,7-8,11,15H,2,5-6,9-10,12H2,(H,18,19,20). The maximum absolute atomic E-state index is 12.7. The van der Waals surface area contributed by atoms with Crippen molar-refractivity contribution in [2.75, 3.05) is 6.54 Å². The van der Waals surface area contributed by atoms with E-state index in [1.54, 1.807) is 0 Å². The molecule has 4 rings (SSSR count). The molecule has 0 bridgehead atoms. The van der Waals surface area contributed by atoms with Gasteiger partial charge in [-0.2, -0.15) is 15.4 Å². The SMILES string of the molecule is O=C(c1cn[nH]n1)N1CC2(CCCCC2)C1c1ccccc1. The number of carbonyl (C=O) groups is 1. The minimum atomic E-state index is -0.0150. The van der Waals surface area contributed by atoms with Gasteiger partial charge in [-0.1, -0.05) is 49.6 Å². The monoisotopic (exact) mass is 296 g/mol. The van der Waals surface area contributed by atoms with Crippen molar-refractivity contribution in [3.05, 3.63) is 47.8 Å². The fourth-order valence-electron chi connectivity index (χ4n) is 4.23. The Balaban J connectivity index is 1.67. The summed E-state index contributed by atoms with van der Waals surface area (Å²) in [4.78, 5) is 14.7. The molecule has 1 N–H and O–H groups in total. The normalized spacial score (nSPS) is 23.3. The van der Waals surface area contributed by atoms with Gasteiger partial charge in [0.05, 0.1) is 12.2 Å². The third-order valence-corrected chi connectivity index (χ3v) is 5.24. The molecule has 1 spiro atoms. The van der Waals surface area contributed by atoms with Gasteiger partial charge in [0.15, 0.2) is 5.69 Å². The maximum atomic E-state index is 12.7. The van der Waals surface area contributed by atoms with Gasteiger partial charge in [0.1, 0.15) is 0 Å². The van der Waals surface area contributed by atoms with Gasteiger partial charge in [-0.3, -0.25) is 4.79 Å². The summed E-state index contributed by atoms with van der Waals surface area (Å²) < 4.78 is 0. The predicted molar refractivity (Wildman–Crippen MR) is 82.1 cm³/mol. The number of nitrogens with one attached hydrogen (secondary N) is 1. The van der Waals surface area contributed by atoms with E-state index in [0.717, 1.165) is 6.54 Å². The molecule has 5 nitrogen and oxygen atoms in total. The molecule has 2 aromatic rings. The molecule has 22 heavy (non-hydrogen) atoms. The quantitative estimate of drug-likeness (QED) is 0.926. The second-order valence-electron chi connectivity index (χ2n) is 6.52. The van der Waals surface area contributed by atoms with Crippen LogP contribution < -0.4 is 0 Å². The van der Waals surface area contributed by atoms with E-state index in [-0.39, 0.29) is 17.4 Å². The van der Waals surface area contributed by atoms with E-state index >= 15 is 0 Å². The summed E-state index contributed by atoms with van der Waals surface area (Å²) in [7, 11) is 0. The highest BCUT2D eigenvalue weighted by molar-refractivity contribution is 5.93. The molecule has 1 unspecified atom stereocenters. The summed E-state index contributed by atoms with van der Waals surface area (Å²) in [6.45, 7) is 0.845. The number of likely N-dealkylation sites (tertiary alicyclic amines) is 1. The highest BCUT2D eigenvalue weighted by Gasteiger charge is 2.55. The Labute approximate surface area is 129 Å². The summed E-state index contributed by atoms with van der Waals surface area (Å²) in [5.74, 6) is -0.0150. The lowest BCUT2D eigenvalue weighted by molar-refractivity contribution is -0.0772. The van der Waals surface area contributed by atoms with Crippen molar-refractivity contribution in [2.45, 2.75) is 38.1 Å². The maximum Gasteiger partial charge on any atom is 0.276 e. The molecular formula is C17H20N4O. The van der Waals surface area contributed by atoms with Crippen molar-refractivity contribution >= 4 is 5.91 Å². The van der Waals surface area contributed by atoms with E-state index < -0.39 is 0 Å². The van der Waals surface area contributed by atoms with E-state index in [2.05, 4.69) is 39.7 Å². The van der Waals surface area contributed by atoms with Crippen LogP contribution in [0.3, 0.4) is 0 Å². The second kappa shape index (κ2) is 5.23. The molecule has 1 aliphatic heterocycles. The molecule has 0 radical (unpaired) electrons. The molecule has 1 aromatic carbocycles. The molecule has 1 saturated carbocycles. The van der Waals surface area contributed by atoms with E-state index in [9.17, 15) is 4.79 Å². The highest BCUT2D eigenvalue weighted by Crippen LogP contribution is 2.57. The van der Waals surface area contributed by atoms with E-state index in [4.69, 9.17) is 0 Å². The van der Waals surface area contributed by atoms with Gasteiger partial charge in [0.2, 0.25) is 0 Å². The summed E-state index contributed by atoms with van der Waals surface area (Å²) in [6, 6.07) is 10.6. The zero-order valence-electron chi connectivity index (χ0n) is 12.5. The van der Waals surface area contributed by atoms with Crippen LogP contribution in [0.15, 0.2) is 36.5 Å². The first-order chi connectivity index (χ1) is 10.8. The van der Waals surface area contributed by atoms with Crippen molar-refractivity contribution in [2.24, 2.45) is 5.41 Å². The van der Waals surface area contributed by atoms with Gasteiger partial charge < -0.3 is 4.90 Å². The van der Waals surface area contributed by atoms with Crippen molar-refractivity contribution in [3.8, 4) is 0 Å². The predicted octanol–water partition coefficient (Wildman–Crippen LogP) is 2.95. The van der Waals surface area contributed by atoms with Crippen LogP contribution in [0.5, 0.6) is 0 Å². The Kier molecular flexibility index (Phi) is 3.21. The van der Waals surface area contributed by atoms with Gasteiger partial charge in [-0.15, -0.1) is 0 Å². The third kappa shape index (κ3) is 2.03. The molecule has 1 amide bonds. The second-order valence-corrected chi connectivity index (χ2v) is 6.52. The number of hydrogen-bond acceptors (Lipinski definition) is 3. The molecule has 114 valence electrons. The topological polar surface area (TPSA) is 61.9 Å². The van der Waals surface area contributed by atoms with Gasteiger partial charge in [0.25, 0.3) is 5.91 Å². The number of nitrogens with zero attached hydrogens (tertiary/aromatic N) is 3. The number of aromatic nitrogens is 3. The van der Waals surface area contributed by atoms with Crippen LogP contribution in [-0.2, 0) is 0 Å². The Morgan fingerprint density at radius 2 is 1.95 bits per heavy atom. The first kappa shape index (κ1) is 13.5. The Morgan fingerprint density at radius 1 is 1.18 bits per heavy atom. The fourth-order valence-corrected chi connectivity index (χ4v) is 4.23. The van der Waals surface area contributed by atoms with Gasteiger partial charge >= 0.3 is 0 Å². The van der Waals surface area contributed by atoms with Gasteiger partial charge in [-0.25, -0.2) is 0 Å². The summed E-state index contributed by atoms with van der Waals surface area (Å²) in [5, 5.41) is 10.2. The summed E-state index contributed by atoms with van der Waals surface area (Å²) in [6.07, 6.45) is 7.81. The average molecular weight is 296 g/mol. The van der Waals surface area contributed by atoms with Crippen LogP contribution in [0.1, 0.15) is 54.2 Å². The van der Waals surface area contributed by atoms with E-state index in [0.29, 0.717) is 5.69 Å². The first-order valence-corrected chi connectivity index (χ1v) is 8.02. The zero-order valence-corrected chi connectivity index (χ0v) is 12.5. The number of H-pyrrole nitrogens is 1. The van der Waals surface area contributed by atoms with Gasteiger partial charge in [-0.05, 0) is 18.4 Å². The van der Waals surface area contributed by atoms with E-state index in [1.807, 2.05) is 11.0 Å². The fraction of sp³-hybridized carbons (Fsp3) is 0.471. The lowest BCUT2D eigenvalue weighted by atomic mass is 9.61. The van der Waals surface area contributed by atoms with Crippen LogP contribution in [0, 0.1) is 5.41 Å². The Bertz CT molecular complexity index is 647. The number of rotatable bonds is 2. The highest BCUT2D eigenvalue weighted by atomic mass is 16.2. The average Bonchev–Trinajstić information content (AvgIpc) is 3.08. The molecule has 1 aromatic heterocycles. The van der Waals surface area contributed by atoms with Gasteiger partial charge in [0, 0.05) is 12.0 Å². The number of benzene rings is 1. The number of hydrogen-bond donors (Lipinski definition) is 1. The zero-order chi connectivity index (χ0) is 15.0. The summed E-state index contributed by atoms with van der Waals surface area (Å²) >= 11 is 0. The van der Waals surface area contributed by atoms with Crippen LogP contribution in [0.25, 0.3) is 0 Å². The number of amides is 1. The molecule has 1 saturated heterocycles. The number of aromatic amines is 1. The van der Waals surface area contributed by atoms with E-state index in [1.165, 1.54) is 43.9 Å².